The third kappa shape index (κ3) is 2.95. The van der Waals surface area contributed by atoms with Crippen molar-refractivity contribution in [3.8, 4) is 0 Å². The first-order valence-electron chi connectivity index (χ1n) is 10.1. The van der Waals surface area contributed by atoms with Crippen molar-refractivity contribution >= 4 is 16.8 Å². The number of fused-ring (bicyclic) bond motifs is 1. The van der Waals surface area contributed by atoms with Crippen LogP contribution in [0.2, 0.25) is 0 Å². The second-order valence-corrected chi connectivity index (χ2v) is 8.02. The number of likely N-dealkylation sites (tertiary alicyclic amines) is 1. The van der Waals surface area contributed by atoms with Gasteiger partial charge >= 0.3 is 5.69 Å². The first kappa shape index (κ1) is 17.3. The highest BCUT2D eigenvalue weighted by atomic mass is 16.2. The van der Waals surface area contributed by atoms with Gasteiger partial charge < -0.3 is 9.47 Å². The monoisotopic (exact) mass is 379 g/mol. The first-order chi connectivity index (χ1) is 13.6. The quantitative estimate of drug-likeness (QED) is 0.699. The van der Waals surface area contributed by atoms with Gasteiger partial charge in [-0.05, 0) is 43.2 Å². The zero-order valence-electron chi connectivity index (χ0n) is 16.1. The van der Waals surface area contributed by atoms with Crippen molar-refractivity contribution in [3.05, 3.63) is 52.8 Å². The maximum Gasteiger partial charge on any atom is 0.345 e. The molecule has 1 amide bonds. The largest absolute Gasteiger partial charge is 0.345 e. The first-order valence-corrected chi connectivity index (χ1v) is 10.1. The van der Waals surface area contributed by atoms with Crippen LogP contribution in [0.4, 0.5) is 0 Å². The predicted octanol–water partition coefficient (Wildman–Crippen LogP) is 2.28. The summed E-state index contributed by atoms with van der Waals surface area (Å²) in [7, 11) is 1.73. The number of aryl methyl sites for hydroxylation is 1. The SMILES string of the molecule is Cn1nc(C2CCN(C(=O)Cn3ccc4ccccc43)CC2)n(C2CC2)c1=O. The lowest BCUT2D eigenvalue weighted by Gasteiger charge is -2.31. The van der Waals surface area contributed by atoms with Gasteiger partial charge in [-0.15, -0.1) is 0 Å². The van der Waals surface area contributed by atoms with Gasteiger partial charge in [-0.1, -0.05) is 18.2 Å². The summed E-state index contributed by atoms with van der Waals surface area (Å²) in [6, 6.07) is 10.5. The maximum absolute atomic E-state index is 12.8. The Balaban J connectivity index is 1.27. The van der Waals surface area contributed by atoms with E-state index in [1.54, 1.807) is 7.05 Å². The Bertz CT molecular complexity index is 1080. The third-order valence-corrected chi connectivity index (χ3v) is 6.09. The minimum absolute atomic E-state index is 0.00417. The van der Waals surface area contributed by atoms with Gasteiger partial charge in [-0.25, -0.2) is 9.48 Å². The zero-order chi connectivity index (χ0) is 19.3. The number of hydrogen-bond acceptors (Lipinski definition) is 3. The summed E-state index contributed by atoms with van der Waals surface area (Å²) >= 11 is 0. The lowest BCUT2D eigenvalue weighted by atomic mass is 9.95. The highest BCUT2D eigenvalue weighted by Crippen LogP contribution is 2.37. The van der Waals surface area contributed by atoms with E-state index in [0.717, 1.165) is 55.5 Å². The molecular weight excluding hydrogens is 354 g/mol. The fourth-order valence-corrected chi connectivity index (χ4v) is 4.36. The van der Waals surface area contributed by atoms with Crippen LogP contribution in [0.15, 0.2) is 41.3 Å². The molecule has 0 radical (unpaired) electrons. The van der Waals surface area contributed by atoms with Crippen molar-refractivity contribution in [2.24, 2.45) is 7.05 Å². The Hall–Kier alpha value is -2.83. The normalized spacial score (nSPS) is 18.1. The summed E-state index contributed by atoms with van der Waals surface area (Å²) in [5.41, 5.74) is 1.09. The Kier molecular flexibility index (Phi) is 4.10. The maximum atomic E-state index is 12.8. The average molecular weight is 379 g/mol. The molecular formula is C21H25N5O2. The molecule has 3 aromatic rings. The summed E-state index contributed by atoms with van der Waals surface area (Å²) in [6.45, 7) is 1.81. The lowest BCUT2D eigenvalue weighted by molar-refractivity contribution is -0.132. The van der Waals surface area contributed by atoms with Crippen LogP contribution >= 0.6 is 0 Å². The molecule has 2 aliphatic rings. The van der Waals surface area contributed by atoms with Gasteiger partial charge in [-0.3, -0.25) is 9.36 Å². The Morgan fingerprint density at radius 2 is 1.86 bits per heavy atom. The van der Waals surface area contributed by atoms with E-state index in [-0.39, 0.29) is 17.5 Å². The fraction of sp³-hybridized carbons (Fsp3) is 0.476. The summed E-state index contributed by atoms with van der Waals surface area (Å²) in [6.07, 6.45) is 5.85. The third-order valence-electron chi connectivity index (χ3n) is 6.09. The number of rotatable bonds is 4. The summed E-state index contributed by atoms with van der Waals surface area (Å²) in [5, 5.41) is 5.67. The molecule has 0 N–H and O–H groups in total. The van der Waals surface area contributed by atoms with E-state index >= 15 is 0 Å². The number of amides is 1. The predicted molar refractivity (Wildman–Crippen MR) is 106 cm³/mol. The van der Waals surface area contributed by atoms with Crippen LogP contribution in [-0.2, 0) is 18.4 Å². The van der Waals surface area contributed by atoms with Crippen LogP contribution < -0.4 is 5.69 Å². The van der Waals surface area contributed by atoms with Gasteiger partial charge in [0.2, 0.25) is 5.91 Å². The summed E-state index contributed by atoms with van der Waals surface area (Å²) in [4.78, 5) is 27.1. The van der Waals surface area contributed by atoms with Crippen LogP contribution in [0, 0.1) is 0 Å². The van der Waals surface area contributed by atoms with E-state index in [1.165, 1.54) is 4.68 Å². The van der Waals surface area contributed by atoms with Crippen molar-refractivity contribution in [2.75, 3.05) is 13.1 Å². The van der Waals surface area contributed by atoms with Crippen molar-refractivity contribution in [1.29, 1.82) is 0 Å². The van der Waals surface area contributed by atoms with Crippen LogP contribution in [0.5, 0.6) is 0 Å². The number of piperidine rings is 1. The number of aromatic nitrogens is 4. The molecule has 1 saturated heterocycles. The molecule has 1 aliphatic carbocycles. The van der Waals surface area contributed by atoms with Crippen molar-refractivity contribution < 1.29 is 4.79 Å². The van der Waals surface area contributed by atoms with E-state index in [4.69, 9.17) is 0 Å². The molecule has 7 heteroatoms. The standard InChI is InChI=1S/C21H25N5O2/c1-23-21(28)26(17-6-7-17)20(22-23)16-9-11-24(12-10-16)19(27)14-25-13-8-15-4-2-3-5-18(15)25/h2-5,8,13,16-17H,6-7,9-12,14H2,1H3. The van der Waals surface area contributed by atoms with Crippen molar-refractivity contribution in [3.63, 3.8) is 0 Å². The van der Waals surface area contributed by atoms with Gasteiger partial charge in [0.25, 0.3) is 0 Å². The second-order valence-electron chi connectivity index (χ2n) is 8.02. The molecule has 3 heterocycles. The highest BCUT2D eigenvalue weighted by Gasteiger charge is 2.34. The van der Waals surface area contributed by atoms with Crippen LogP contribution in [0.1, 0.15) is 43.5 Å². The van der Waals surface area contributed by atoms with Crippen LogP contribution in [-0.4, -0.2) is 42.8 Å². The van der Waals surface area contributed by atoms with Gasteiger partial charge in [0.15, 0.2) is 0 Å². The van der Waals surface area contributed by atoms with E-state index in [2.05, 4.69) is 11.2 Å². The highest BCUT2D eigenvalue weighted by molar-refractivity contribution is 5.83. The van der Waals surface area contributed by atoms with Gasteiger partial charge in [0.1, 0.15) is 12.4 Å². The molecule has 0 atom stereocenters. The minimum atomic E-state index is -0.00417. The molecule has 28 heavy (non-hydrogen) atoms. The molecule has 2 aromatic heterocycles. The number of hydrogen-bond donors (Lipinski definition) is 0. The molecule has 5 rings (SSSR count). The average Bonchev–Trinajstić information content (AvgIpc) is 3.41. The molecule has 0 bridgehead atoms. The fourth-order valence-electron chi connectivity index (χ4n) is 4.36. The summed E-state index contributed by atoms with van der Waals surface area (Å²) < 4.78 is 5.38. The molecule has 1 aliphatic heterocycles. The van der Waals surface area contributed by atoms with E-state index in [0.29, 0.717) is 12.6 Å². The number of nitrogens with zero attached hydrogens (tertiary/aromatic N) is 5. The van der Waals surface area contributed by atoms with E-state index in [9.17, 15) is 9.59 Å². The van der Waals surface area contributed by atoms with Gasteiger partial charge in [0.05, 0.1) is 0 Å². The van der Waals surface area contributed by atoms with E-state index < -0.39 is 0 Å². The number of benzene rings is 1. The minimum Gasteiger partial charge on any atom is -0.341 e. The molecule has 7 nitrogen and oxygen atoms in total. The van der Waals surface area contributed by atoms with Crippen molar-refractivity contribution in [1.82, 2.24) is 23.8 Å². The number of carbonyl (C=O) groups is 1. The molecule has 1 saturated carbocycles. The number of carbonyl (C=O) groups excluding carboxylic acids is 1. The molecule has 146 valence electrons. The van der Waals surface area contributed by atoms with Gasteiger partial charge in [0, 0.05) is 43.8 Å². The Morgan fingerprint density at radius 1 is 1.11 bits per heavy atom. The molecule has 1 aromatic carbocycles. The van der Waals surface area contributed by atoms with Crippen LogP contribution in [0.25, 0.3) is 10.9 Å². The molecule has 0 unspecified atom stereocenters. The number of para-hydroxylation sites is 1. The topological polar surface area (TPSA) is 65.1 Å². The molecule has 2 fully saturated rings. The Morgan fingerprint density at radius 3 is 2.61 bits per heavy atom. The van der Waals surface area contributed by atoms with E-state index in [1.807, 2.05) is 44.5 Å². The zero-order valence-corrected chi connectivity index (χ0v) is 16.1. The van der Waals surface area contributed by atoms with Gasteiger partial charge in [-0.2, -0.15) is 5.10 Å². The van der Waals surface area contributed by atoms with Crippen LogP contribution in [0.3, 0.4) is 0 Å². The van der Waals surface area contributed by atoms with Crippen molar-refractivity contribution in [2.45, 2.75) is 44.2 Å². The Labute approximate surface area is 163 Å². The second kappa shape index (κ2) is 6.65. The smallest absolute Gasteiger partial charge is 0.341 e. The summed E-state index contributed by atoms with van der Waals surface area (Å²) in [5.74, 6) is 1.32. The lowest BCUT2D eigenvalue weighted by Crippen LogP contribution is -2.40. The molecule has 0 spiro atoms.